The highest BCUT2D eigenvalue weighted by Gasteiger charge is 2.27. The van der Waals surface area contributed by atoms with Gasteiger partial charge in [0.1, 0.15) is 0 Å². The topological polar surface area (TPSA) is 41.1 Å². The van der Waals surface area contributed by atoms with Crippen molar-refractivity contribution in [2.24, 2.45) is 11.8 Å². The minimum atomic E-state index is 0.0823. The van der Waals surface area contributed by atoms with Crippen molar-refractivity contribution in [3.63, 3.8) is 0 Å². The van der Waals surface area contributed by atoms with Gasteiger partial charge in [0.25, 0.3) is 0 Å². The van der Waals surface area contributed by atoms with E-state index in [1.165, 1.54) is 12.8 Å². The highest BCUT2D eigenvalue weighted by atomic mass is 79.9. The third-order valence-electron chi connectivity index (χ3n) is 4.35. The van der Waals surface area contributed by atoms with E-state index in [0.29, 0.717) is 24.4 Å². The molecule has 0 heterocycles. The zero-order valence-corrected chi connectivity index (χ0v) is 13.7. The maximum atomic E-state index is 12.0. The molecular formula is C16H23BrN2O. The van der Waals surface area contributed by atoms with Gasteiger partial charge in [-0.05, 0) is 42.5 Å². The Morgan fingerprint density at radius 1 is 1.25 bits per heavy atom. The van der Waals surface area contributed by atoms with E-state index in [1.54, 1.807) is 0 Å². The molecule has 0 aromatic heterocycles. The highest BCUT2D eigenvalue weighted by Crippen LogP contribution is 2.29. The van der Waals surface area contributed by atoms with Crippen LogP contribution in [0.2, 0.25) is 0 Å². The summed E-state index contributed by atoms with van der Waals surface area (Å²) in [5.74, 6) is 1.35. The van der Waals surface area contributed by atoms with E-state index in [0.717, 1.165) is 16.6 Å². The lowest BCUT2D eigenvalue weighted by atomic mass is 9.78. The summed E-state index contributed by atoms with van der Waals surface area (Å²) in [6.07, 6.45) is 3.61. The summed E-state index contributed by atoms with van der Waals surface area (Å²) in [7, 11) is 0. The molecule has 0 aliphatic heterocycles. The van der Waals surface area contributed by atoms with Crippen molar-refractivity contribution in [3.8, 4) is 0 Å². The van der Waals surface area contributed by atoms with Gasteiger partial charge in [0, 0.05) is 16.2 Å². The number of amides is 1. The number of anilines is 1. The predicted molar refractivity (Wildman–Crippen MR) is 86.7 cm³/mol. The minimum absolute atomic E-state index is 0.0823. The molecule has 1 aliphatic carbocycles. The lowest BCUT2D eigenvalue weighted by Crippen LogP contribution is -2.45. The molecule has 2 N–H and O–H groups in total. The molecule has 1 amide bonds. The van der Waals surface area contributed by atoms with Crippen LogP contribution in [-0.2, 0) is 4.79 Å². The number of nitrogens with one attached hydrogen (secondary N) is 2. The molecule has 20 heavy (non-hydrogen) atoms. The smallest absolute Gasteiger partial charge is 0.239 e. The molecule has 2 rings (SSSR count). The Hall–Kier alpha value is -1.03. The lowest BCUT2D eigenvalue weighted by molar-refractivity contribution is -0.120. The molecule has 1 aromatic rings. The Bertz CT molecular complexity index is 446. The second kappa shape index (κ2) is 7.11. The van der Waals surface area contributed by atoms with Crippen LogP contribution in [0, 0.1) is 11.8 Å². The molecule has 3 atom stereocenters. The third kappa shape index (κ3) is 4.23. The van der Waals surface area contributed by atoms with Gasteiger partial charge in [0.15, 0.2) is 0 Å². The number of benzene rings is 1. The predicted octanol–water partition coefficient (Wildman–Crippen LogP) is 3.80. The lowest BCUT2D eigenvalue weighted by Gasteiger charge is -2.34. The Balaban J connectivity index is 1.79. The average molecular weight is 339 g/mol. The van der Waals surface area contributed by atoms with Crippen molar-refractivity contribution < 1.29 is 4.79 Å². The number of carbonyl (C=O) groups is 1. The highest BCUT2D eigenvalue weighted by molar-refractivity contribution is 9.10. The van der Waals surface area contributed by atoms with Crippen LogP contribution in [0.3, 0.4) is 0 Å². The number of halogens is 1. The number of hydrogen-bond donors (Lipinski definition) is 2. The molecule has 0 radical (unpaired) electrons. The number of carbonyl (C=O) groups excluding carboxylic acids is 1. The quantitative estimate of drug-likeness (QED) is 0.876. The van der Waals surface area contributed by atoms with Crippen molar-refractivity contribution in [1.29, 1.82) is 0 Å². The first-order valence-electron chi connectivity index (χ1n) is 7.35. The van der Waals surface area contributed by atoms with Crippen molar-refractivity contribution in [3.05, 3.63) is 28.7 Å². The van der Waals surface area contributed by atoms with Crippen molar-refractivity contribution in [2.45, 2.75) is 39.2 Å². The monoisotopic (exact) mass is 338 g/mol. The maximum Gasteiger partial charge on any atom is 0.239 e. The Morgan fingerprint density at radius 3 is 2.65 bits per heavy atom. The molecule has 110 valence electrons. The molecule has 4 heteroatoms. The van der Waals surface area contributed by atoms with Gasteiger partial charge in [-0.25, -0.2) is 0 Å². The van der Waals surface area contributed by atoms with E-state index in [9.17, 15) is 4.79 Å². The molecule has 1 aromatic carbocycles. The van der Waals surface area contributed by atoms with Gasteiger partial charge in [-0.2, -0.15) is 0 Å². The average Bonchev–Trinajstić information content (AvgIpc) is 2.43. The molecule has 0 unspecified atom stereocenters. The zero-order valence-electron chi connectivity index (χ0n) is 12.2. The van der Waals surface area contributed by atoms with Gasteiger partial charge in [0.05, 0.1) is 6.54 Å². The van der Waals surface area contributed by atoms with Crippen LogP contribution >= 0.6 is 15.9 Å². The van der Waals surface area contributed by atoms with Crippen LogP contribution in [0.25, 0.3) is 0 Å². The summed E-state index contributed by atoms with van der Waals surface area (Å²) in [5, 5.41) is 6.32. The summed E-state index contributed by atoms with van der Waals surface area (Å²) < 4.78 is 1.04. The summed E-state index contributed by atoms with van der Waals surface area (Å²) in [6, 6.07) is 8.18. The molecule has 3 nitrogen and oxygen atoms in total. The Labute approximate surface area is 129 Å². The summed E-state index contributed by atoms with van der Waals surface area (Å²) in [6.45, 7) is 4.86. The zero-order chi connectivity index (χ0) is 14.5. The first-order valence-corrected chi connectivity index (χ1v) is 8.14. The van der Waals surface area contributed by atoms with Crippen LogP contribution in [0.4, 0.5) is 5.69 Å². The fraction of sp³-hybridized carbons (Fsp3) is 0.562. The fourth-order valence-corrected chi connectivity index (χ4v) is 3.06. The van der Waals surface area contributed by atoms with E-state index in [2.05, 4.69) is 40.4 Å². The van der Waals surface area contributed by atoms with Crippen LogP contribution in [0.5, 0.6) is 0 Å². The van der Waals surface area contributed by atoms with E-state index in [4.69, 9.17) is 0 Å². The first-order chi connectivity index (χ1) is 9.56. The second-order valence-corrected chi connectivity index (χ2v) is 6.72. The van der Waals surface area contributed by atoms with Crippen molar-refractivity contribution in [2.75, 3.05) is 11.9 Å². The Kier molecular flexibility index (Phi) is 5.46. The second-order valence-electron chi connectivity index (χ2n) is 5.80. The van der Waals surface area contributed by atoms with Crippen LogP contribution in [-0.4, -0.2) is 18.5 Å². The largest absolute Gasteiger partial charge is 0.376 e. The minimum Gasteiger partial charge on any atom is -0.376 e. The van der Waals surface area contributed by atoms with Gasteiger partial charge in [0.2, 0.25) is 5.91 Å². The summed E-state index contributed by atoms with van der Waals surface area (Å²) in [5.41, 5.74) is 0.966. The van der Waals surface area contributed by atoms with E-state index in [1.807, 2.05) is 24.3 Å². The molecule has 0 spiro atoms. The van der Waals surface area contributed by atoms with Crippen LogP contribution in [0.1, 0.15) is 33.1 Å². The van der Waals surface area contributed by atoms with Gasteiger partial charge in [-0.3, -0.25) is 4.79 Å². The molecule has 0 saturated heterocycles. The van der Waals surface area contributed by atoms with E-state index < -0.39 is 0 Å². The number of rotatable bonds is 4. The Morgan fingerprint density at radius 2 is 1.95 bits per heavy atom. The molecule has 1 saturated carbocycles. The first kappa shape index (κ1) is 15.4. The summed E-state index contributed by atoms with van der Waals surface area (Å²) >= 11 is 3.40. The fourth-order valence-electron chi connectivity index (χ4n) is 2.79. The van der Waals surface area contributed by atoms with Gasteiger partial charge >= 0.3 is 0 Å². The van der Waals surface area contributed by atoms with Gasteiger partial charge < -0.3 is 10.6 Å². The van der Waals surface area contributed by atoms with Crippen LogP contribution < -0.4 is 10.6 Å². The van der Waals surface area contributed by atoms with Gasteiger partial charge in [-0.15, -0.1) is 0 Å². The molecular weight excluding hydrogens is 316 g/mol. The maximum absolute atomic E-state index is 12.0. The van der Waals surface area contributed by atoms with E-state index in [-0.39, 0.29) is 5.91 Å². The van der Waals surface area contributed by atoms with Gasteiger partial charge in [-0.1, -0.05) is 42.6 Å². The normalized spacial score (nSPS) is 26.1. The standard InChI is InChI=1S/C16H23BrN2O/c1-11-4-3-5-15(12(11)2)19-16(20)10-18-14-8-6-13(17)7-9-14/h6-9,11-12,15,18H,3-5,10H2,1-2H3,(H,19,20)/t11-,12-,15-/m1/s1. The molecule has 1 fully saturated rings. The van der Waals surface area contributed by atoms with Crippen molar-refractivity contribution in [1.82, 2.24) is 5.32 Å². The summed E-state index contributed by atoms with van der Waals surface area (Å²) in [4.78, 5) is 12.0. The van der Waals surface area contributed by atoms with E-state index >= 15 is 0 Å². The molecule has 1 aliphatic rings. The third-order valence-corrected chi connectivity index (χ3v) is 4.88. The molecule has 0 bridgehead atoms. The van der Waals surface area contributed by atoms with Crippen LogP contribution in [0.15, 0.2) is 28.7 Å². The SMILES string of the molecule is C[C@@H]1[C@H](C)CCC[C@H]1NC(=O)CNc1ccc(Br)cc1. The van der Waals surface area contributed by atoms with Crippen molar-refractivity contribution >= 4 is 27.5 Å². The number of hydrogen-bond acceptors (Lipinski definition) is 2.